The first kappa shape index (κ1) is 19.3. The fourth-order valence-corrected chi connectivity index (χ4v) is 3.04. The van der Waals surface area contributed by atoms with Gasteiger partial charge in [-0.3, -0.25) is 0 Å². The molecule has 2 aromatic rings. The first-order chi connectivity index (χ1) is 13.0. The molecule has 7 heteroatoms. The number of benzene rings is 2. The van der Waals surface area contributed by atoms with Gasteiger partial charge in [-0.15, -0.1) is 0 Å². The summed E-state index contributed by atoms with van der Waals surface area (Å²) in [6, 6.07) is 16.6. The van der Waals surface area contributed by atoms with E-state index in [9.17, 15) is 20.4 Å². The number of nitrogens with zero attached hydrogens (tertiary/aromatic N) is 1. The molecule has 0 amide bonds. The van der Waals surface area contributed by atoms with Crippen molar-refractivity contribution in [3.8, 4) is 22.9 Å². The van der Waals surface area contributed by atoms with Gasteiger partial charge in [-0.2, -0.15) is 5.26 Å². The van der Waals surface area contributed by atoms with Gasteiger partial charge >= 0.3 is 0 Å². The summed E-state index contributed by atoms with van der Waals surface area (Å²) in [6.07, 6.45) is -6.46. The Morgan fingerprint density at radius 1 is 1.00 bits per heavy atom. The van der Waals surface area contributed by atoms with Crippen molar-refractivity contribution in [2.45, 2.75) is 37.1 Å². The van der Waals surface area contributed by atoms with Crippen LogP contribution in [0.4, 0.5) is 0 Å². The maximum absolute atomic E-state index is 10.2. The molecule has 0 radical (unpaired) electrons. The van der Waals surface area contributed by atoms with Gasteiger partial charge in [-0.25, -0.2) is 0 Å². The van der Waals surface area contributed by atoms with Crippen LogP contribution in [0.1, 0.15) is 5.56 Å². The van der Waals surface area contributed by atoms with Crippen molar-refractivity contribution in [3.05, 3.63) is 54.1 Å². The van der Waals surface area contributed by atoms with Gasteiger partial charge in [0.05, 0.1) is 19.1 Å². The minimum Gasteiger partial charge on any atom is -0.461 e. The highest BCUT2D eigenvalue weighted by molar-refractivity contribution is 5.71. The van der Waals surface area contributed by atoms with Crippen LogP contribution in [0.25, 0.3) is 11.1 Å². The molecular weight excluding hydrogens is 350 g/mol. The van der Waals surface area contributed by atoms with Gasteiger partial charge in [0.1, 0.15) is 30.2 Å². The molecular formula is C20H21NO6. The SMILES string of the molecule is N#CCc1cccc(-c2ccccc2O[C@H]2O[C@H](CO)[C@@H](O)[C@@H](O)[C@@H]2O)c1. The topological polar surface area (TPSA) is 123 Å². The number of hydrogen-bond donors (Lipinski definition) is 4. The van der Waals surface area contributed by atoms with E-state index in [0.29, 0.717) is 11.3 Å². The summed E-state index contributed by atoms with van der Waals surface area (Å²) >= 11 is 0. The minimum absolute atomic E-state index is 0.281. The monoisotopic (exact) mass is 371 g/mol. The molecule has 1 heterocycles. The van der Waals surface area contributed by atoms with Gasteiger partial charge in [-0.1, -0.05) is 36.4 Å². The van der Waals surface area contributed by atoms with E-state index >= 15 is 0 Å². The first-order valence-corrected chi connectivity index (χ1v) is 8.57. The van der Waals surface area contributed by atoms with Gasteiger partial charge in [0, 0.05) is 5.56 Å². The smallest absolute Gasteiger partial charge is 0.229 e. The van der Waals surface area contributed by atoms with E-state index in [1.807, 2.05) is 36.4 Å². The van der Waals surface area contributed by atoms with E-state index in [1.165, 1.54) is 0 Å². The number of nitriles is 1. The third-order valence-corrected chi connectivity index (χ3v) is 4.50. The predicted octanol–water partition coefficient (Wildman–Crippen LogP) is 0.598. The molecule has 0 spiro atoms. The fraction of sp³-hybridized carbons (Fsp3) is 0.350. The Kier molecular flexibility index (Phi) is 6.06. The lowest BCUT2D eigenvalue weighted by Crippen LogP contribution is -2.60. The highest BCUT2D eigenvalue weighted by atomic mass is 16.7. The number of aliphatic hydroxyl groups is 4. The maximum Gasteiger partial charge on any atom is 0.229 e. The second kappa shape index (κ2) is 8.48. The average Bonchev–Trinajstić information content (AvgIpc) is 2.69. The van der Waals surface area contributed by atoms with E-state index < -0.39 is 37.3 Å². The van der Waals surface area contributed by atoms with Gasteiger partial charge < -0.3 is 29.9 Å². The predicted molar refractivity (Wildman–Crippen MR) is 95.6 cm³/mol. The lowest BCUT2D eigenvalue weighted by Gasteiger charge is -2.39. The third-order valence-electron chi connectivity index (χ3n) is 4.50. The first-order valence-electron chi connectivity index (χ1n) is 8.57. The van der Waals surface area contributed by atoms with Crippen molar-refractivity contribution in [3.63, 3.8) is 0 Å². The minimum atomic E-state index is -1.51. The normalized spacial score (nSPS) is 27.7. The quantitative estimate of drug-likeness (QED) is 0.607. The van der Waals surface area contributed by atoms with E-state index in [0.717, 1.165) is 11.1 Å². The van der Waals surface area contributed by atoms with Gasteiger partial charge in [0.15, 0.2) is 0 Å². The molecule has 5 atom stereocenters. The summed E-state index contributed by atoms with van der Waals surface area (Å²) in [6.45, 7) is -0.525. The molecule has 1 aliphatic heterocycles. The zero-order valence-electron chi connectivity index (χ0n) is 14.5. The number of hydrogen-bond acceptors (Lipinski definition) is 7. The van der Waals surface area contributed by atoms with Crippen LogP contribution in [0.2, 0.25) is 0 Å². The second-order valence-corrected chi connectivity index (χ2v) is 6.35. The zero-order valence-corrected chi connectivity index (χ0v) is 14.5. The Labute approximate surface area is 156 Å². The fourth-order valence-electron chi connectivity index (χ4n) is 3.04. The summed E-state index contributed by atoms with van der Waals surface area (Å²) in [5, 5.41) is 48.2. The van der Waals surface area contributed by atoms with Crippen molar-refractivity contribution in [1.29, 1.82) is 5.26 Å². The summed E-state index contributed by atoms with van der Waals surface area (Å²) in [4.78, 5) is 0. The van der Waals surface area contributed by atoms with Crippen LogP contribution >= 0.6 is 0 Å². The van der Waals surface area contributed by atoms with Gasteiger partial charge in [0.25, 0.3) is 0 Å². The molecule has 0 aromatic heterocycles. The number of aliphatic hydroxyl groups excluding tert-OH is 4. The molecule has 0 aliphatic carbocycles. The molecule has 4 N–H and O–H groups in total. The lowest BCUT2D eigenvalue weighted by atomic mass is 9.99. The molecule has 0 unspecified atom stereocenters. The van der Waals surface area contributed by atoms with Crippen LogP contribution in [0.15, 0.2) is 48.5 Å². The van der Waals surface area contributed by atoms with Crippen LogP contribution in [0.5, 0.6) is 5.75 Å². The number of para-hydroxylation sites is 1. The van der Waals surface area contributed by atoms with Crippen molar-refractivity contribution >= 4 is 0 Å². The molecule has 0 bridgehead atoms. The highest BCUT2D eigenvalue weighted by Crippen LogP contribution is 2.33. The summed E-state index contributed by atoms with van der Waals surface area (Å²) in [7, 11) is 0. The molecule has 0 saturated carbocycles. The number of rotatable bonds is 5. The van der Waals surface area contributed by atoms with Gasteiger partial charge in [0.2, 0.25) is 6.29 Å². The highest BCUT2D eigenvalue weighted by Gasteiger charge is 2.44. The average molecular weight is 371 g/mol. The Hall–Kier alpha value is -2.47. The second-order valence-electron chi connectivity index (χ2n) is 6.35. The summed E-state index contributed by atoms with van der Waals surface area (Å²) in [5.74, 6) is 0.399. The zero-order chi connectivity index (χ0) is 19.4. The van der Waals surface area contributed by atoms with Crippen LogP contribution in [-0.2, 0) is 11.2 Å². The molecule has 1 saturated heterocycles. The van der Waals surface area contributed by atoms with Crippen LogP contribution in [0, 0.1) is 11.3 Å². The molecule has 7 nitrogen and oxygen atoms in total. The summed E-state index contributed by atoms with van der Waals surface area (Å²) in [5.41, 5.74) is 2.40. The lowest BCUT2D eigenvalue weighted by molar-refractivity contribution is -0.277. The molecule has 3 rings (SSSR count). The Bertz CT molecular complexity index is 818. The molecule has 142 valence electrons. The Balaban J connectivity index is 1.88. The van der Waals surface area contributed by atoms with Crippen LogP contribution in [0.3, 0.4) is 0 Å². The van der Waals surface area contributed by atoms with Gasteiger partial charge in [-0.05, 0) is 23.3 Å². The van der Waals surface area contributed by atoms with E-state index in [1.54, 1.807) is 12.1 Å². The Morgan fingerprint density at radius 3 is 2.52 bits per heavy atom. The summed E-state index contributed by atoms with van der Waals surface area (Å²) < 4.78 is 11.2. The van der Waals surface area contributed by atoms with Crippen molar-refractivity contribution in [1.82, 2.24) is 0 Å². The third kappa shape index (κ3) is 4.11. The van der Waals surface area contributed by atoms with Crippen LogP contribution in [-0.4, -0.2) is 57.7 Å². The molecule has 1 aliphatic rings. The maximum atomic E-state index is 10.2. The van der Waals surface area contributed by atoms with Crippen LogP contribution < -0.4 is 4.74 Å². The molecule has 2 aromatic carbocycles. The van der Waals surface area contributed by atoms with E-state index in [4.69, 9.17) is 14.7 Å². The molecule has 1 fully saturated rings. The van der Waals surface area contributed by atoms with Crippen molar-refractivity contribution in [2.24, 2.45) is 0 Å². The largest absolute Gasteiger partial charge is 0.461 e. The van der Waals surface area contributed by atoms with E-state index in [2.05, 4.69) is 6.07 Å². The standard InChI is InChI=1S/C20H21NO6/c21-9-8-12-4-3-5-13(10-12)14-6-1-2-7-15(14)26-20-19(25)18(24)17(23)16(11-22)27-20/h1-7,10,16-20,22-25H,8,11H2/t16-,17-,18-,19+,20+/m1/s1. The van der Waals surface area contributed by atoms with Crippen molar-refractivity contribution in [2.75, 3.05) is 6.61 Å². The van der Waals surface area contributed by atoms with E-state index in [-0.39, 0.29) is 6.42 Å². The Morgan fingerprint density at radius 2 is 1.78 bits per heavy atom. The number of ether oxygens (including phenoxy) is 2. The van der Waals surface area contributed by atoms with Crippen molar-refractivity contribution < 1.29 is 29.9 Å². The molecule has 27 heavy (non-hydrogen) atoms.